The van der Waals surface area contributed by atoms with Gasteiger partial charge in [-0.15, -0.1) is 0 Å². The molecule has 0 amide bonds. The topological polar surface area (TPSA) is 69.7 Å². The molecule has 0 aliphatic carbocycles. The predicted molar refractivity (Wildman–Crippen MR) is 62.9 cm³/mol. The van der Waals surface area contributed by atoms with Crippen molar-refractivity contribution < 1.29 is 23.9 Å². The van der Waals surface area contributed by atoms with Gasteiger partial charge >= 0.3 is 11.9 Å². The molecule has 0 saturated carbocycles. The van der Waals surface area contributed by atoms with Gasteiger partial charge in [0.1, 0.15) is 0 Å². The van der Waals surface area contributed by atoms with E-state index in [4.69, 9.17) is 4.74 Å². The fraction of sp³-hybridized carbons (Fsp3) is 0.308. The highest BCUT2D eigenvalue weighted by molar-refractivity contribution is 6.20. The Balaban J connectivity index is 3.00. The highest BCUT2D eigenvalue weighted by atomic mass is 16.5. The zero-order valence-corrected chi connectivity index (χ0v) is 10.2. The molecule has 0 bridgehead atoms. The summed E-state index contributed by atoms with van der Waals surface area (Å²) in [6.07, 6.45) is 0. The Kier molecular flexibility index (Phi) is 5.05. The van der Waals surface area contributed by atoms with Crippen LogP contribution in [0, 0.1) is 5.92 Å². The highest BCUT2D eigenvalue weighted by Crippen LogP contribution is 2.12. The summed E-state index contributed by atoms with van der Waals surface area (Å²) in [7, 11) is 1.12. The molecular formula is C13H14O5. The fourth-order valence-electron chi connectivity index (χ4n) is 1.42. The molecule has 1 unspecified atom stereocenters. The van der Waals surface area contributed by atoms with E-state index >= 15 is 0 Å². The number of hydrogen-bond acceptors (Lipinski definition) is 5. The third kappa shape index (κ3) is 3.16. The largest absolute Gasteiger partial charge is 0.468 e. The predicted octanol–water partition coefficient (Wildman–Crippen LogP) is 1.22. The average Bonchev–Trinajstić information content (AvgIpc) is 2.40. The second kappa shape index (κ2) is 6.54. The van der Waals surface area contributed by atoms with Crippen LogP contribution in [-0.2, 0) is 19.1 Å². The van der Waals surface area contributed by atoms with Crippen LogP contribution in [0.25, 0.3) is 0 Å². The molecular weight excluding hydrogens is 236 g/mol. The number of carbonyl (C=O) groups is 3. The van der Waals surface area contributed by atoms with Crippen LogP contribution in [0.2, 0.25) is 0 Å². The number of Topliss-reactive ketones (excluding diaryl/α,β-unsaturated/α-hetero) is 1. The van der Waals surface area contributed by atoms with Crippen LogP contribution in [0.4, 0.5) is 0 Å². The first-order chi connectivity index (χ1) is 8.61. The second-order valence-corrected chi connectivity index (χ2v) is 3.44. The van der Waals surface area contributed by atoms with Crippen LogP contribution < -0.4 is 0 Å². The summed E-state index contributed by atoms with van der Waals surface area (Å²) >= 11 is 0. The van der Waals surface area contributed by atoms with Crippen LogP contribution in [0.1, 0.15) is 17.3 Å². The van der Waals surface area contributed by atoms with Gasteiger partial charge < -0.3 is 9.47 Å². The molecule has 0 aliphatic heterocycles. The van der Waals surface area contributed by atoms with Crippen LogP contribution in [0.3, 0.4) is 0 Å². The summed E-state index contributed by atoms with van der Waals surface area (Å²) in [6, 6.07) is 8.07. The summed E-state index contributed by atoms with van der Waals surface area (Å²) in [4.78, 5) is 35.2. The maximum atomic E-state index is 12.1. The van der Waals surface area contributed by atoms with E-state index in [0.717, 1.165) is 7.11 Å². The minimum absolute atomic E-state index is 0.0917. The minimum Gasteiger partial charge on any atom is -0.468 e. The van der Waals surface area contributed by atoms with Crippen molar-refractivity contribution in [3.8, 4) is 0 Å². The van der Waals surface area contributed by atoms with Crippen LogP contribution in [-0.4, -0.2) is 31.4 Å². The molecule has 5 nitrogen and oxygen atoms in total. The van der Waals surface area contributed by atoms with Crippen molar-refractivity contribution >= 4 is 17.7 Å². The van der Waals surface area contributed by atoms with Crippen LogP contribution in [0.5, 0.6) is 0 Å². The molecule has 1 aromatic rings. The number of carbonyl (C=O) groups excluding carboxylic acids is 3. The van der Waals surface area contributed by atoms with E-state index in [1.807, 2.05) is 0 Å². The van der Waals surface area contributed by atoms with Gasteiger partial charge in [0.2, 0.25) is 5.92 Å². The number of rotatable bonds is 5. The molecule has 0 aliphatic rings. The molecule has 0 spiro atoms. The van der Waals surface area contributed by atoms with Gasteiger partial charge in [-0.05, 0) is 6.92 Å². The number of methoxy groups -OCH3 is 1. The molecule has 0 aromatic heterocycles. The third-order valence-corrected chi connectivity index (χ3v) is 2.28. The van der Waals surface area contributed by atoms with E-state index in [-0.39, 0.29) is 12.2 Å². The second-order valence-electron chi connectivity index (χ2n) is 3.44. The molecule has 0 N–H and O–H groups in total. The van der Waals surface area contributed by atoms with Crippen molar-refractivity contribution in [2.45, 2.75) is 6.92 Å². The van der Waals surface area contributed by atoms with E-state index in [9.17, 15) is 14.4 Å². The van der Waals surface area contributed by atoms with Crippen LogP contribution >= 0.6 is 0 Å². The molecule has 1 rings (SSSR count). The lowest BCUT2D eigenvalue weighted by Gasteiger charge is -2.12. The van der Waals surface area contributed by atoms with Crippen molar-refractivity contribution in [2.75, 3.05) is 13.7 Å². The first-order valence-electron chi connectivity index (χ1n) is 5.45. The Bertz CT molecular complexity index is 438. The SMILES string of the molecule is CCOC(=O)C(C(=O)OC)C(=O)c1ccccc1. The molecule has 96 valence electrons. The molecule has 0 saturated heterocycles. The Morgan fingerprint density at radius 3 is 2.22 bits per heavy atom. The summed E-state index contributed by atoms with van der Waals surface area (Å²) < 4.78 is 9.17. The Morgan fingerprint density at radius 2 is 1.72 bits per heavy atom. The molecule has 1 atom stereocenters. The van der Waals surface area contributed by atoms with Crippen molar-refractivity contribution in [1.82, 2.24) is 0 Å². The van der Waals surface area contributed by atoms with Gasteiger partial charge in [-0.3, -0.25) is 14.4 Å². The number of ketones is 1. The van der Waals surface area contributed by atoms with Gasteiger partial charge in [0.25, 0.3) is 0 Å². The van der Waals surface area contributed by atoms with Gasteiger partial charge in [-0.1, -0.05) is 30.3 Å². The van der Waals surface area contributed by atoms with Crippen molar-refractivity contribution in [3.05, 3.63) is 35.9 Å². The lowest BCUT2D eigenvalue weighted by atomic mass is 9.98. The normalized spacial score (nSPS) is 11.4. The van der Waals surface area contributed by atoms with Crippen LogP contribution in [0.15, 0.2) is 30.3 Å². The lowest BCUT2D eigenvalue weighted by Crippen LogP contribution is -2.34. The maximum Gasteiger partial charge on any atom is 0.328 e. The first kappa shape index (κ1) is 13.9. The Labute approximate surface area is 105 Å². The summed E-state index contributed by atoms with van der Waals surface area (Å²) in [6.45, 7) is 1.69. The van der Waals surface area contributed by atoms with Crippen molar-refractivity contribution in [2.24, 2.45) is 5.92 Å². The monoisotopic (exact) mass is 250 g/mol. The van der Waals surface area contributed by atoms with Crippen molar-refractivity contribution in [1.29, 1.82) is 0 Å². The number of ether oxygens (including phenoxy) is 2. The maximum absolute atomic E-state index is 12.1. The minimum atomic E-state index is -1.56. The first-order valence-corrected chi connectivity index (χ1v) is 5.45. The Hall–Kier alpha value is -2.17. The van der Waals surface area contributed by atoms with Crippen molar-refractivity contribution in [3.63, 3.8) is 0 Å². The average molecular weight is 250 g/mol. The van der Waals surface area contributed by atoms with E-state index in [1.165, 1.54) is 12.1 Å². The molecule has 0 fully saturated rings. The standard InChI is InChI=1S/C13H14O5/c1-3-18-13(16)10(12(15)17-2)11(14)9-7-5-4-6-8-9/h4-8,10H,3H2,1-2H3. The molecule has 1 aromatic carbocycles. The van der Waals surface area contributed by atoms with E-state index in [0.29, 0.717) is 0 Å². The zero-order chi connectivity index (χ0) is 13.5. The summed E-state index contributed by atoms with van der Waals surface area (Å²) in [5.41, 5.74) is 0.265. The summed E-state index contributed by atoms with van der Waals surface area (Å²) in [5.74, 6) is -3.99. The zero-order valence-electron chi connectivity index (χ0n) is 10.2. The fourth-order valence-corrected chi connectivity index (χ4v) is 1.42. The Morgan fingerprint density at radius 1 is 1.11 bits per heavy atom. The molecule has 5 heteroatoms. The molecule has 0 heterocycles. The molecule has 18 heavy (non-hydrogen) atoms. The number of hydrogen-bond donors (Lipinski definition) is 0. The van der Waals surface area contributed by atoms with Gasteiger partial charge in [0, 0.05) is 5.56 Å². The van der Waals surface area contributed by atoms with Gasteiger partial charge in [0.05, 0.1) is 13.7 Å². The highest BCUT2D eigenvalue weighted by Gasteiger charge is 2.36. The van der Waals surface area contributed by atoms with E-state index < -0.39 is 23.6 Å². The van der Waals surface area contributed by atoms with Gasteiger partial charge in [0.15, 0.2) is 5.78 Å². The van der Waals surface area contributed by atoms with E-state index in [2.05, 4.69) is 4.74 Å². The van der Waals surface area contributed by atoms with Gasteiger partial charge in [-0.2, -0.15) is 0 Å². The lowest BCUT2D eigenvalue weighted by molar-refractivity contribution is -0.157. The molecule has 0 radical (unpaired) electrons. The smallest absolute Gasteiger partial charge is 0.328 e. The van der Waals surface area contributed by atoms with Gasteiger partial charge in [-0.25, -0.2) is 0 Å². The summed E-state index contributed by atoms with van der Waals surface area (Å²) in [5, 5.41) is 0. The number of benzene rings is 1. The number of esters is 2. The third-order valence-electron chi connectivity index (χ3n) is 2.28. The quantitative estimate of drug-likeness (QED) is 0.446. The van der Waals surface area contributed by atoms with E-state index in [1.54, 1.807) is 25.1 Å².